The van der Waals surface area contributed by atoms with Crippen LogP contribution in [0, 0.1) is 13.8 Å². The maximum atomic E-state index is 12.3. The monoisotopic (exact) mass is 324 g/mol. The van der Waals surface area contributed by atoms with Crippen molar-refractivity contribution in [2.75, 3.05) is 11.3 Å². The van der Waals surface area contributed by atoms with Gasteiger partial charge in [-0.2, -0.15) is 0 Å². The van der Waals surface area contributed by atoms with Gasteiger partial charge in [-0.05, 0) is 45.0 Å². The van der Waals surface area contributed by atoms with Crippen molar-refractivity contribution in [1.82, 2.24) is 5.16 Å². The van der Waals surface area contributed by atoms with Gasteiger partial charge >= 0.3 is 5.97 Å². The van der Waals surface area contributed by atoms with Crippen molar-refractivity contribution >= 4 is 21.7 Å². The zero-order chi connectivity index (χ0) is 16.3. The van der Waals surface area contributed by atoms with Crippen molar-refractivity contribution in [2.24, 2.45) is 0 Å². The third-order valence-corrected chi connectivity index (χ3v) is 4.51. The number of benzene rings is 1. The fourth-order valence-corrected chi connectivity index (χ4v) is 3.34. The second kappa shape index (κ2) is 6.18. The molecule has 7 nitrogen and oxygen atoms in total. The lowest BCUT2D eigenvalue weighted by atomic mass is 10.2. The fourth-order valence-electron chi connectivity index (χ4n) is 1.95. The molecule has 1 N–H and O–H groups in total. The van der Waals surface area contributed by atoms with E-state index in [1.807, 2.05) is 0 Å². The number of hydrogen-bond acceptors (Lipinski definition) is 6. The summed E-state index contributed by atoms with van der Waals surface area (Å²) in [6.07, 6.45) is 0. The number of carbonyl (C=O) groups is 1. The van der Waals surface area contributed by atoms with E-state index in [1.165, 1.54) is 31.2 Å². The highest BCUT2D eigenvalue weighted by molar-refractivity contribution is 7.92. The first-order valence-electron chi connectivity index (χ1n) is 6.58. The van der Waals surface area contributed by atoms with E-state index in [9.17, 15) is 13.2 Å². The van der Waals surface area contributed by atoms with Gasteiger partial charge in [0, 0.05) is 5.69 Å². The summed E-state index contributed by atoms with van der Waals surface area (Å²) in [6.45, 7) is 5.07. The summed E-state index contributed by atoms with van der Waals surface area (Å²) in [7, 11) is -3.80. The van der Waals surface area contributed by atoms with Crippen LogP contribution in [-0.2, 0) is 14.8 Å². The molecule has 0 saturated heterocycles. The Morgan fingerprint density at radius 3 is 2.41 bits per heavy atom. The van der Waals surface area contributed by atoms with Gasteiger partial charge in [-0.25, -0.2) is 13.2 Å². The number of rotatable bonds is 5. The van der Waals surface area contributed by atoms with Crippen molar-refractivity contribution in [3.63, 3.8) is 0 Å². The SMILES string of the molecule is CCOC(=O)c1ccc(NS(=O)(=O)c2c(C)noc2C)cc1. The van der Waals surface area contributed by atoms with Crippen LogP contribution in [0.1, 0.15) is 28.7 Å². The van der Waals surface area contributed by atoms with Crippen LogP contribution in [-0.4, -0.2) is 26.2 Å². The number of carbonyl (C=O) groups excluding carboxylic acids is 1. The van der Waals surface area contributed by atoms with Crippen molar-refractivity contribution in [3.05, 3.63) is 41.3 Å². The second-order valence-electron chi connectivity index (χ2n) is 4.56. The molecule has 0 aliphatic carbocycles. The molecule has 0 bridgehead atoms. The Labute approximate surface area is 128 Å². The van der Waals surface area contributed by atoms with E-state index < -0.39 is 16.0 Å². The Balaban J connectivity index is 2.22. The first-order valence-corrected chi connectivity index (χ1v) is 8.06. The summed E-state index contributed by atoms with van der Waals surface area (Å²) < 4.78 is 36.8. The van der Waals surface area contributed by atoms with E-state index in [-0.39, 0.29) is 23.0 Å². The molecule has 118 valence electrons. The van der Waals surface area contributed by atoms with Crippen molar-refractivity contribution < 1.29 is 22.5 Å². The maximum Gasteiger partial charge on any atom is 0.338 e. The molecule has 1 aromatic heterocycles. The fraction of sp³-hybridized carbons (Fsp3) is 0.286. The van der Waals surface area contributed by atoms with Crippen molar-refractivity contribution in [2.45, 2.75) is 25.7 Å². The molecule has 0 atom stereocenters. The zero-order valence-electron chi connectivity index (χ0n) is 12.4. The molecule has 0 aliphatic heterocycles. The Bertz CT molecular complexity index is 759. The number of sulfonamides is 1. The summed E-state index contributed by atoms with van der Waals surface area (Å²) in [6, 6.07) is 5.95. The van der Waals surface area contributed by atoms with Gasteiger partial charge in [0.2, 0.25) is 0 Å². The van der Waals surface area contributed by atoms with Gasteiger partial charge in [0.15, 0.2) is 10.7 Å². The molecule has 0 unspecified atom stereocenters. The van der Waals surface area contributed by atoms with Gasteiger partial charge < -0.3 is 9.26 Å². The highest BCUT2D eigenvalue weighted by Crippen LogP contribution is 2.22. The molecule has 1 heterocycles. The van der Waals surface area contributed by atoms with E-state index >= 15 is 0 Å². The number of nitrogens with zero attached hydrogens (tertiary/aromatic N) is 1. The van der Waals surface area contributed by atoms with Crippen molar-refractivity contribution in [1.29, 1.82) is 0 Å². The number of anilines is 1. The maximum absolute atomic E-state index is 12.3. The third-order valence-electron chi connectivity index (χ3n) is 2.88. The molecule has 0 radical (unpaired) electrons. The average molecular weight is 324 g/mol. The summed E-state index contributed by atoms with van der Waals surface area (Å²) >= 11 is 0. The summed E-state index contributed by atoms with van der Waals surface area (Å²) in [4.78, 5) is 11.6. The molecule has 22 heavy (non-hydrogen) atoms. The van der Waals surface area contributed by atoms with Crippen molar-refractivity contribution in [3.8, 4) is 0 Å². The van der Waals surface area contributed by atoms with E-state index in [1.54, 1.807) is 13.8 Å². The molecule has 1 aromatic carbocycles. The van der Waals surface area contributed by atoms with Crippen LogP contribution < -0.4 is 4.72 Å². The second-order valence-corrected chi connectivity index (χ2v) is 6.18. The van der Waals surface area contributed by atoms with Gasteiger partial charge in [-0.3, -0.25) is 4.72 Å². The van der Waals surface area contributed by atoms with Gasteiger partial charge in [0.25, 0.3) is 10.0 Å². The molecule has 0 aliphatic rings. The van der Waals surface area contributed by atoms with Crippen LogP contribution in [0.4, 0.5) is 5.69 Å². The highest BCUT2D eigenvalue weighted by atomic mass is 32.2. The Kier molecular flexibility index (Phi) is 4.51. The third kappa shape index (κ3) is 3.28. The van der Waals surface area contributed by atoms with Gasteiger partial charge in [-0.15, -0.1) is 0 Å². The first-order chi connectivity index (χ1) is 10.3. The summed E-state index contributed by atoms with van der Waals surface area (Å²) in [5, 5.41) is 3.63. The van der Waals surface area contributed by atoms with Crippen LogP contribution >= 0.6 is 0 Å². The summed E-state index contributed by atoms with van der Waals surface area (Å²) in [5.41, 5.74) is 0.961. The predicted molar refractivity (Wildman–Crippen MR) is 79.2 cm³/mol. The standard InChI is InChI=1S/C14H16N2O5S/c1-4-20-14(17)11-5-7-12(8-6-11)16-22(18,19)13-9(2)15-21-10(13)3/h5-8,16H,4H2,1-3H3. The van der Waals surface area contributed by atoms with Gasteiger partial charge in [0.1, 0.15) is 5.69 Å². The molecular formula is C14H16N2O5S. The first kappa shape index (κ1) is 16.0. The molecule has 0 fully saturated rings. The number of aromatic nitrogens is 1. The minimum Gasteiger partial charge on any atom is -0.462 e. The number of esters is 1. The topological polar surface area (TPSA) is 98.5 Å². The number of aryl methyl sites for hydroxylation is 2. The van der Waals surface area contributed by atoms with E-state index in [4.69, 9.17) is 9.26 Å². The summed E-state index contributed by atoms with van der Waals surface area (Å²) in [5.74, 6) is -0.240. The van der Waals surface area contributed by atoms with E-state index in [0.717, 1.165) is 0 Å². The number of ether oxygens (including phenoxy) is 1. The van der Waals surface area contributed by atoms with Gasteiger partial charge in [-0.1, -0.05) is 5.16 Å². The Morgan fingerprint density at radius 2 is 1.91 bits per heavy atom. The molecule has 2 rings (SSSR count). The number of nitrogens with one attached hydrogen (secondary N) is 1. The molecule has 0 saturated carbocycles. The van der Waals surface area contributed by atoms with Crippen LogP contribution in [0.15, 0.2) is 33.7 Å². The highest BCUT2D eigenvalue weighted by Gasteiger charge is 2.24. The molecule has 2 aromatic rings. The normalized spacial score (nSPS) is 11.2. The minimum atomic E-state index is -3.80. The Hall–Kier alpha value is -2.35. The quantitative estimate of drug-likeness (QED) is 0.847. The lowest BCUT2D eigenvalue weighted by Gasteiger charge is -2.08. The molecule has 0 spiro atoms. The van der Waals surface area contributed by atoms with Crippen LogP contribution in [0.25, 0.3) is 0 Å². The zero-order valence-corrected chi connectivity index (χ0v) is 13.2. The largest absolute Gasteiger partial charge is 0.462 e. The predicted octanol–water partition coefficient (Wildman–Crippen LogP) is 2.27. The molecule has 0 amide bonds. The van der Waals surface area contributed by atoms with Crippen LogP contribution in [0.5, 0.6) is 0 Å². The lowest BCUT2D eigenvalue weighted by molar-refractivity contribution is 0.0526. The molecular weight excluding hydrogens is 308 g/mol. The average Bonchev–Trinajstić information content (AvgIpc) is 2.79. The molecule has 8 heteroatoms. The van der Waals surface area contributed by atoms with Crippen LogP contribution in [0.2, 0.25) is 0 Å². The number of hydrogen-bond donors (Lipinski definition) is 1. The van der Waals surface area contributed by atoms with Crippen LogP contribution in [0.3, 0.4) is 0 Å². The van der Waals surface area contributed by atoms with E-state index in [2.05, 4.69) is 9.88 Å². The lowest BCUT2D eigenvalue weighted by Crippen LogP contribution is -2.14. The minimum absolute atomic E-state index is 0.0157. The smallest absolute Gasteiger partial charge is 0.338 e. The van der Waals surface area contributed by atoms with E-state index in [0.29, 0.717) is 11.3 Å². The Morgan fingerprint density at radius 1 is 1.27 bits per heavy atom. The van der Waals surface area contributed by atoms with Gasteiger partial charge in [0.05, 0.1) is 12.2 Å².